The topological polar surface area (TPSA) is 81.1 Å². The third-order valence-corrected chi connectivity index (χ3v) is 8.25. The molecule has 0 bridgehead atoms. The summed E-state index contributed by atoms with van der Waals surface area (Å²) in [6.07, 6.45) is 0.332. The molecule has 176 valence electrons. The Bertz CT molecular complexity index is 1200. The summed E-state index contributed by atoms with van der Waals surface area (Å²) in [5.74, 6) is 1.32. The third-order valence-electron chi connectivity index (χ3n) is 5.99. The van der Waals surface area contributed by atoms with Crippen LogP contribution in [0.15, 0.2) is 63.9 Å². The normalized spacial score (nSPS) is 19.9. The van der Waals surface area contributed by atoms with Crippen LogP contribution in [0.1, 0.15) is 12.0 Å². The van der Waals surface area contributed by atoms with Crippen LogP contribution in [0.3, 0.4) is 0 Å². The fraction of sp³-hybridized carbons (Fsp3) is 0.333. The molecule has 0 spiro atoms. The lowest BCUT2D eigenvalue weighted by Crippen LogP contribution is -2.64. The number of aromatic nitrogens is 1. The largest absolute Gasteiger partial charge is 0.341 e. The van der Waals surface area contributed by atoms with Gasteiger partial charge < -0.3 is 14.7 Å². The number of nitrogens with one attached hydrogen (secondary N) is 1. The molecule has 34 heavy (non-hydrogen) atoms. The SMILES string of the molecule is CN(Cc1ccccc1)C1=NC2C(C(=O)NC(=O)N2C)N1CCCSc1nc2ccccc2s1. The fourth-order valence-corrected chi connectivity index (χ4v) is 6.37. The first-order valence-electron chi connectivity index (χ1n) is 11.2. The molecule has 2 aliphatic rings. The van der Waals surface area contributed by atoms with E-state index in [4.69, 9.17) is 9.98 Å². The van der Waals surface area contributed by atoms with Crippen molar-refractivity contribution in [3.63, 3.8) is 0 Å². The minimum Gasteiger partial charge on any atom is -0.341 e. The van der Waals surface area contributed by atoms with Gasteiger partial charge in [-0.15, -0.1) is 11.3 Å². The number of imide groups is 1. The maximum Gasteiger partial charge on any atom is 0.325 e. The molecule has 10 heteroatoms. The van der Waals surface area contributed by atoms with Crippen molar-refractivity contribution in [1.82, 2.24) is 25.0 Å². The average Bonchev–Trinajstić information content (AvgIpc) is 3.43. The smallest absolute Gasteiger partial charge is 0.325 e. The van der Waals surface area contributed by atoms with E-state index in [-0.39, 0.29) is 5.91 Å². The Hall–Kier alpha value is -3.11. The van der Waals surface area contributed by atoms with Crippen molar-refractivity contribution in [2.75, 3.05) is 26.4 Å². The van der Waals surface area contributed by atoms with Gasteiger partial charge in [-0.05, 0) is 24.1 Å². The van der Waals surface area contributed by atoms with Gasteiger partial charge in [0.1, 0.15) is 0 Å². The molecule has 0 radical (unpaired) electrons. The zero-order valence-corrected chi connectivity index (χ0v) is 20.7. The number of guanidine groups is 1. The number of carbonyl (C=O) groups excluding carboxylic acids is 2. The molecule has 1 aromatic heterocycles. The predicted molar refractivity (Wildman–Crippen MR) is 136 cm³/mol. The lowest BCUT2D eigenvalue weighted by Gasteiger charge is -2.37. The Labute approximate surface area is 206 Å². The first kappa shape index (κ1) is 22.7. The first-order chi connectivity index (χ1) is 16.5. The Balaban J connectivity index is 1.29. The second-order valence-corrected chi connectivity index (χ2v) is 10.8. The van der Waals surface area contributed by atoms with Crippen molar-refractivity contribution in [2.24, 2.45) is 4.99 Å². The fourth-order valence-electron chi connectivity index (χ4n) is 4.30. The number of nitrogens with zero attached hydrogens (tertiary/aromatic N) is 5. The molecule has 0 aliphatic carbocycles. The van der Waals surface area contributed by atoms with Crippen LogP contribution in [0.4, 0.5) is 4.79 Å². The molecule has 1 saturated heterocycles. The van der Waals surface area contributed by atoms with Crippen LogP contribution in [0.25, 0.3) is 10.2 Å². The summed E-state index contributed by atoms with van der Waals surface area (Å²) >= 11 is 3.44. The molecule has 0 saturated carbocycles. The minimum absolute atomic E-state index is 0.293. The van der Waals surface area contributed by atoms with Gasteiger partial charge in [0, 0.05) is 32.9 Å². The van der Waals surface area contributed by atoms with E-state index in [0.717, 1.165) is 33.6 Å². The molecule has 1 fully saturated rings. The van der Waals surface area contributed by atoms with Crippen molar-refractivity contribution in [3.05, 3.63) is 60.2 Å². The number of urea groups is 1. The number of hydrogen-bond donors (Lipinski definition) is 1. The summed E-state index contributed by atoms with van der Waals surface area (Å²) in [5, 5.41) is 2.47. The van der Waals surface area contributed by atoms with Crippen molar-refractivity contribution in [1.29, 1.82) is 0 Å². The van der Waals surface area contributed by atoms with Gasteiger partial charge in [-0.2, -0.15) is 0 Å². The van der Waals surface area contributed by atoms with Crippen molar-refractivity contribution < 1.29 is 9.59 Å². The van der Waals surface area contributed by atoms with Crippen molar-refractivity contribution in [3.8, 4) is 0 Å². The number of amides is 3. The number of carbonyl (C=O) groups is 2. The van der Waals surface area contributed by atoms with Crippen LogP contribution in [0, 0.1) is 0 Å². The number of fused-ring (bicyclic) bond motifs is 2. The van der Waals surface area contributed by atoms with E-state index in [1.165, 1.54) is 9.60 Å². The van der Waals surface area contributed by atoms with Gasteiger partial charge >= 0.3 is 6.03 Å². The summed E-state index contributed by atoms with van der Waals surface area (Å²) in [4.78, 5) is 40.2. The predicted octanol–water partition coefficient (Wildman–Crippen LogP) is 3.46. The molecule has 1 N–H and O–H groups in total. The molecular weight excluding hydrogens is 468 g/mol. The second kappa shape index (κ2) is 9.63. The van der Waals surface area contributed by atoms with E-state index in [1.807, 2.05) is 48.3 Å². The molecule has 2 aromatic carbocycles. The van der Waals surface area contributed by atoms with E-state index in [9.17, 15) is 9.59 Å². The zero-order valence-electron chi connectivity index (χ0n) is 19.0. The van der Waals surface area contributed by atoms with Crippen LogP contribution < -0.4 is 5.32 Å². The van der Waals surface area contributed by atoms with E-state index in [1.54, 1.807) is 30.1 Å². The molecule has 2 aliphatic heterocycles. The monoisotopic (exact) mass is 494 g/mol. The van der Waals surface area contributed by atoms with E-state index < -0.39 is 18.2 Å². The van der Waals surface area contributed by atoms with Crippen molar-refractivity contribution in [2.45, 2.75) is 29.5 Å². The number of thioether (sulfide) groups is 1. The Morgan fingerprint density at radius 2 is 1.88 bits per heavy atom. The van der Waals surface area contributed by atoms with Gasteiger partial charge in [0.15, 0.2) is 22.5 Å². The third kappa shape index (κ3) is 4.47. The maximum atomic E-state index is 12.8. The molecule has 2 atom stereocenters. The van der Waals surface area contributed by atoms with Gasteiger partial charge in [0.25, 0.3) is 5.91 Å². The van der Waals surface area contributed by atoms with Gasteiger partial charge in [-0.1, -0.05) is 54.2 Å². The van der Waals surface area contributed by atoms with Crippen LogP contribution in [0.2, 0.25) is 0 Å². The molecular formula is C24H26N6O2S2. The van der Waals surface area contributed by atoms with Crippen LogP contribution in [-0.2, 0) is 11.3 Å². The summed E-state index contributed by atoms with van der Waals surface area (Å²) < 4.78 is 2.24. The summed E-state index contributed by atoms with van der Waals surface area (Å²) in [5.41, 5.74) is 2.18. The average molecular weight is 495 g/mol. The highest BCUT2D eigenvalue weighted by molar-refractivity contribution is 8.01. The highest BCUT2D eigenvalue weighted by atomic mass is 32.2. The van der Waals surface area contributed by atoms with E-state index in [2.05, 4.69) is 28.4 Å². The lowest BCUT2D eigenvalue weighted by atomic mass is 10.1. The Kier molecular flexibility index (Phi) is 6.42. The zero-order chi connectivity index (χ0) is 23.7. The number of aliphatic imine (C=N–C) groups is 1. The standard InChI is InChI=1S/C24H26N6O2S2/c1-28(15-16-9-4-3-5-10-16)22-26-20-19(21(31)27-23(32)29(20)2)30(22)13-8-14-33-24-25-17-11-6-7-12-18(17)34-24/h3-7,9-12,19-20H,8,13-15H2,1-2H3,(H,27,31,32). The number of rotatable bonds is 7. The van der Waals surface area contributed by atoms with Gasteiger partial charge in [-0.25, -0.2) is 14.8 Å². The Morgan fingerprint density at radius 3 is 2.68 bits per heavy atom. The maximum absolute atomic E-state index is 12.8. The number of hydrogen-bond acceptors (Lipinski definition) is 8. The van der Waals surface area contributed by atoms with Crippen molar-refractivity contribution >= 4 is 51.2 Å². The molecule has 8 nitrogen and oxygen atoms in total. The molecule has 3 aromatic rings. The van der Waals surface area contributed by atoms with Gasteiger partial charge in [0.2, 0.25) is 0 Å². The van der Waals surface area contributed by atoms with E-state index in [0.29, 0.717) is 13.1 Å². The summed E-state index contributed by atoms with van der Waals surface area (Å²) in [6.45, 7) is 1.32. The number of likely N-dealkylation sites (N-methyl/N-ethyl adjacent to an activating group) is 1. The van der Waals surface area contributed by atoms with Crippen LogP contribution in [-0.4, -0.2) is 76.2 Å². The Morgan fingerprint density at radius 1 is 1.12 bits per heavy atom. The summed E-state index contributed by atoms with van der Waals surface area (Å²) in [7, 11) is 3.66. The highest BCUT2D eigenvalue weighted by Crippen LogP contribution is 2.30. The molecule has 2 unspecified atom stereocenters. The number of benzene rings is 2. The quantitative estimate of drug-likeness (QED) is 0.400. The minimum atomic E-state index is -0.525. The van der Waals surface area contributed by atoms with Gasteiger partial charge in [-0.3, -0.25) is 10.1 Å². The molecule has 3 amide bonds. The number of para-hydroxylation sites is 1. The lowest BCUT2D eigenvalue weighted by molar-refractivity contribution is -0.127. The highest BCUT2D eigenvalue weighted by Gasteiger charge is 2.49. The summed E-state index contributed by atoms with van der Waals surface area (Å²) in [6, 6.07) is 17.4. The number of thiazole rings is 1. The van der Waals surface area contributed by atoms with Gasteiger partial charge in [0.05, 0.1) is 10.2 Å². The van der Waals surface area contributed by atoms with Crippen LogP contribution in [0.5, 0.6) is 0 Å². The van der Waals surface area contributed by atoms with Crippen LogP contribution >= 0.6 is 23.1 Å². The molecule has 5 rings (SSSR count). The first-order valence-corrected chi connectivity index (χ1v) is 13.0. The second-order valence-electron chi connectivity index (χ2n) is 8.38. The van der Waals surface area contributed by atoms with E-state index >= 15 is 0 Å². The molecule has 3 heterocycles.